The quantitative estimate of drug-likeness (QED) is 0.803. The molecule has 21 heavy (non-hydrogen) atoms. The molecule has 2 aliphatic rings. The maximum atomic E-state index is 12.8. The molecule has 2 N–H and O–H groups in total. The summed E-state index contributed by atoms with van der Waals surface area (Å²) in [7, 11) is 0. The first-order valence-corrected chi connectivity index (χ1v) is 7.45. The predicted molar refractivity (Wildman–Crippen MR) is 70.3 cm³/mol. The number of nitrogens with zero attached hydrogens (tertiary/aromatic N) is 4. The van der Waals surface area contributed by atoms with Gasteiger partial charge in [0, 0.05) is 25.2 Å². The molecule has 1 aromatic heterocycles. The fourth-order valence-electron chi connectivity index (χ4n) is 3.44. The molecule has 0 spiro atoms. The molecule has 1 saturated carbocycles. The van der Waals surface area contributed by atoms with Crippen molar-refractivity contribution in [1.82, 2.24) is 19.7 Å². The van der Waals surface area contributed by atoms with Crippen molar-refractivity contribution in [3.05, 3.63) is 11.6 Å². The Morgan fingerprint density at radius 2 is 1.81 bits per heavy atom. The van der Waals surface area contributed by atoms with E-state index in [0.717, 1.165) is 25.7 Å². The van der Waals surface area contributed by atoms with Gasteiger partial charge in [-0.15, -0.1) is 10.2 Å². The van der Waals surface area contributed by atoms with Gasteiger partial charge in [0.25, 0.3) is 0 Å². The molecule has 118 valence electrons. The summed E-state index contributed by atoms with van der Waals surface area (Å²) < 4.78 is 39.7. The normalized spacial score (nSPS) is 28.2. The van der Waals surface area contributed by atoms with Crippen LogP contribution in [0.4, 0.5) is 13.2 Å². The lowest BCUT2D eigenvalue weighted by Gasteiger charge is -2.37. The van der Waals surface area contributed by atoms with E-state index in [1.807, 2.05) is 0 Å². The van der Waals surface area contributed by atoms with Crippen LogP contribution in [0.25, 0.3) is 0 Å². The van der Waals surface area contributed by atoms with Crippen molar-refractivity contribution >= 4 is 0 Å². The molecule has 0 saturated heterocycles. The van der Waals surface area contributed by atoms with Gasteiger partial charge >= 0.3 is 6.18 Å². The number of hydrogen-bond acceptors (Lipinski definition) is 4. The molecule has 5 nitrogen and oxygen atoms in total. The highest BCUT2D eigenvalue weighted by atomic mass is 19.4. The maximum absolute atomic E-state index is 12.8. The summed E-state index contributed by atoms with van der Waals surface area (Å²) in [6, 6.07) is 0.344. The molecule has 3 rings (SSSR count). The lowest BCUT2D eigenvalue weighted by molar-refractivity contribution is -0.148. The van der Waals surface area contributed by atoms with Gasteiger partial charge in [0.1, 0.15) is 5.82 Å². The Hall–Kier alpha value is -1.15. The molecule has 1 aliphatic heterocycles. The SMILES string of the molecule is NC1CCCCCC1N1CCn2c(nnc2C(F)(F)F)C1. The van der Waals surface area contributed by atoms with Gasteiger partial charge in [0.15, 0.2) is 0 Å². The Labute approximate surface area is 121 Å². The van der Waals surface area contributed by atoms with Crippen LogP contribution >= 0.6 is 0 Å². The lowest BCUT2D eigenvalue weighted by atomic mass is 10.0. The van der Waals surface area contributed by atoms with Crippen molar-refractivity contribution in [2.75, 3.05) is 6.54 Å². The van der Waals surface area contributed by atoms with Crippen LogP contribution in [0, 0.1) is 0 Å². The van der Waals surface area contributed by atoms with Crippen LogP contribution < -0.4 is 5.73 Å². The minimum absolute atomic E-state index is 0.101. The summed E-state index contributed by atoms with van der Waals surface area (Å²) >= 11 is 0. The summed E-state index contributed by atoms with van der Waals surface area (Å²) in [6.45, 7) is 1.26. The second-order valence-corrected chi connectivity index (χ2v) is 5.93. The minimum atomic E-state index is -4.44. The third-order valence-corrected chi connectivity index (χ3v) is 4.54. The van der Waals surface area contributed by atoms with E-state index in [-0.39, 0.29) is 18.6 Å². The fraction of sp³-hybridized carbons (Fsp3) is 0.846. The molecular formula is C13H20F3N5. The standard InChI is InChI=1S/C13H20F3N5/c14-13(15,16)12-19-18-11-8-20(6-7-21(11)12)10-5-3-1-2-4-9(10)17/h9-10H,1-8,17H2. The van der Waals surface area contributed by atoms with Crippen LogP contribution in [0.1, 0.15) is 43.8 Å². The summed E-state index contributed by atoms with van der Waals surface area (Å²) in [5.74, 6) is -0.493. The van der Waals surface area contributed by atoms with Crippen LogP contribution in [-0.2, 0) is 19.3 Å². The second-order valence-electron chi connectivity index (χ2n) is 5.93. The van der Waals surface area contributed by atoms with Gasteiger partial charge < -0.3 is 10.3 Å². The molecule has 0 bridgehead atoms. The fourth-order valence-corrected chi connectivity index (χ4v) is 3.44. The highest BCUT2D eigenvalue weighted by molar-refractivity contribution is 5.03. The van der Waals surface area contributed by atoms with Gasteiger partial charge in [0.05, 0.1) is 6.54 Å². The highest BCUT2D eigenvalue weighted by Gasteiger charge is 2.40. The molecular weight excluding hydrogens is 283 g/mol. The monoisotopic (exact) mass is 303 g/mol. The van der Waals surface area contributed by atoms with E-state index < -0.39 is 12.0 Å². The number of aromatic nitrogens is 3. The molecule has 2 heterocycles. The van der Waals surface area contributed by atoms with E-state index >= 15 is 0 Å². The third kappa shape index (κ3) is 2.91. The van der Waals surface area contributed by atoms with Crippen LogP contribution in [0.5, 0.6) is 0 Å². The summed E-state index contributed by atoms with van der Waals surface area (Å²) in [5.41, 5.74) is 6.24. The zero-order valence-corrected chi connectivity index (χ0v) is 11.8. The topological polar surface area (TPSA) is 60.0 Å². The number of fused-ring (bicyclic) bond motifs is 1. The zero-order chi connectivity index (χ0) is 15.0. The maximum Gasteiger partial charge on any atom is 0.451 e. The minimum Gasteiger partial charge on any atom is -0.326 e. The molecule has 0 amide bonds. The van der Waals surface area contributed by atoms with Gasteiger partial charge in [-0.1, -0.05) is 19.3 Å². The van der Waals surface area contributed by atoms with E-state index in [1.165, 1.54) is 11.0 Å². The first-order valence-electron chi connectivity index (χ1n) is 7.45. The number of nitrogens with two attached hydrogens (primary N) is 1. The molecule has 2 atom stereocenters. The first-order chi connectivity index (χ1) is 9.97. The summed E-state index contributed by atoms with van der Waals surface area (Å²) in [6.07, 6.45) is 1.02. The van der Waals surface area contributed by atoms with Gasteiger partial charge in [-0.2, -0.15) is 13.2 Å². The van der Waals surface area contributed by atoms with Gasteiger partial charge in [-0.05, 0) is 12.8 Å². The molecule has 8 heteroatoms. The van der Waals surface area contributed by atoms with Crippen LogP contribution in [-0.4, -0.2) is 38.3 Å². The Kier molecular flexibility index (Phi) is 3.92. The van der Waals surface area contributed by atoms with Crippen LogP contribution in [0.2, 0.25) is 0 Å². The summed E-state index contributed by atoms with van der Waals surface area (Å²) in [5, 5.41) is 7.04. The Morgan fingerprint density at radius 1 is 1.05 bits per heavy atom. The van der Waals surface area contributed by atoms with E-state index in [2.05, 4.69) is 15.1 Å². The lowest BCUT2D eigenvalue weighted by Crippen LogP contribution is -2.50. The number of hydrogen-bond donors (Lipinski definition) is 1. The Morgan fingerprint density at radius 3 is 2.57 bits per heavy atom. The average molecular weight is 303 g/mol. The smallest absolute Gasteiger partial charge is 0.326 e. The van der Waals surface area contributed by atoms with Crippen molar-refractivity contribution in [3.8, 4) is 0 Å². The molecule has 1 aliphatic carbocycles. The molecule has 2 unspecified atom stereocenters. The van der Waals surface area contributed by atoms with E-state index in [9.17, 15) is 13.2 Å². The van der Waals surface area contributed by atoms with Gasteiger partial charge in [0.2, 0.25) is 5.82 Å². The zero-order valence-electron chi connectivity index (χ0n) is 11.8. The number of alkyl halides is 3. The highest BCUT2D eigenvalue weighted by Crippen LogP contribution is 2.31. The van der Waals surface area contributed by atoms with Crippen molar-refractivity contribution < 1.29 is 13.2 Å². The number of halogens is 3. The van der Waals surface area contributed by atoms with E-state index in [4.69, 9.17) is 5.73 Å². The molecule has 0 radical (unpaired) electrons. The van der Waals surface area contributed by atoms with E-state index in [0.29, 0.717) is 18.9 Å². The third-order valence-electron chi connectivity index (χ3n) is 4.54. The second kappa shape index (κ2) is 5.57. The van der Waals surface area contributed by atoms with Gasteiger partial charge in [-0.3, -0.25) is 4.90 Å². The average Bonchev–Trinajstić information content (AvgIpc) is 2.74. The number of rotatable bonds is 1. The van der Waals surface area contributed by atoms with Crippen molar-refractivity contribution in [2.24, 2.45) is 5.73 Å². The van der Waals surface area contributed by atoms with Gasteiger partial charge in [-0.25, -0.2) is 0 Å². The largest absolute Gasteiger partial charge is 0.451 e. The van der Waals surface area contributed by atoms with E-state index in [1.54, 1.807) is 0 Å². The van der Waals surface area contributed by atoms with Crippen molar-refractivity contribution in [3.63, 3.8) is 0 Å². The Balaban J connectivity index is 1.77. The Bertz CT molecular complexity index is 498. The molecule has 0 aromatic carbocycles. The molecule has 1 aromatic rings. The predicted octanol–water partition coefficient (Wildman–Crippen LogP) is 1.77. The van der Waals surface area contributed by atoms with Crippen molar-refractivity contribution in [1.29, 1.82) is 0 Å². The molecule has 1 fully saturated rings. The van der Waals surface area contributed by atoms with Crippen LogP contribution in [0.15, 0.2) is 0 Å². The first kappa shape index (κ1) is 14.8. The summed E-state index contributed by atoms with van der Waals surface area (Å²) in [4.78, 5) is 2.18. The van der Waals surface area contributed by atoms with Crippen molar-refractivity contribution in [2.45, 2.75) is 63.5 Å². The van der Waals surface area contributed by atoms with Crippen LogP contribution in [0.3, 0.4) is 0 Å².